The van der Waals surface area contributed by atoms with Gasteiger partial charge < -0.3 is 19.5 Å². The molecule has 2 atom stereocenters. The van der Waals surface area contributed by atoms with Crippen LogP contribution in [0.4, 0.5) is 0 Å². The lowest BCUT2D eigenvalue weighted by atomic mass is 10.2. The molecule has 0 spiro atoms. The first kappa shape index (κ1) is 15.0. The lowest BCUT2D eigenvalue weighted by Crippen LogP contribution is -2.50. The van der Waals surface area contributed by atoms with E-state index in [1.807, 2.05) is 10.8 Å². The topological polar surface area (TPSA) is 76.5 Å². The summed E-state index contributed by atoms with van der Waals surface area (Å²) in [6.07, 6.45) is 4.05. The van der Waals surface area contributed by atoms with Crippen LogP contribution in [0.1, 0.15) is 32.0 Å². The van der Waals surface area contributed by atoms with Gasteiger partial charge in [0.05, 0.1) is 12.1 Å². The van der Waals surface area contributed by atoms with Gasteiger partial charge in [0, 0.05) is 44.4 Å². The van der Waals surface area contributed by atoms with Gasteiger partial charge in [-0.25, -0.2) is 4.98 Å². The van der Waals surface area contributed by atoms with Crippen LogP contribution in [0.25, 0.3) is 0 Å². The average molecular weight is 306 g/mol. The van der Waals surface area contributed by atoms with Crippen molar-refractivity contribution in [3.63, 3.8) is 0 Å². The van der Waals surface area contributed by atoms with Crippen LogP contribution in [-0.2, 0) is 20.9 Å². The number of aryl methyl sites for hydroxylation is 1. The molecule has 0 unspecified atom stereocenters. The third kappa shape index (κ3) is 2.99. The Kier molecular flexibility index (Phi) is 4.15. The summed E-state index contributed by atoms with van der Waals surface area (Å²) in [7, 11) is 0. The Morgan fingerprint density at radius 1 is 1.50 bits per heavy atom. The zero-order chi connectivity index (χ0) is 15.7. The minimum atomic E-state index is -0.101. The van der Waals surface area contributed by atoms with Crippen molar-refractivity contribution in [1.82, 2.24) is 19.8 Å². The first-order valence-electron chi connectivity index (χ1n) is 7.74. The molecule has 3 heterocycles. The Bertz CT molecular complexity index is 569. The van der Waals surface area contributed by atoms with Crippen molar-refractivity contribution in [2.45, 2.75) is 44.9 Å². The number of carbonyl (C=O) groups is 2. The van der Waals surface area contributed by atoms with Gasteiger partial charge in [-0.1, -0.05) is 13.8 Å². The van der Waals surface area contributed by atoms with Gasteiger partial charge in [0.25, 0.3) is 0 Å². The number of ether oxygens (including phenoxy) is 1. The Labute approximate surface area is 129 Å². The van der Waals surface area contributed by atoms with Crippen LogP contribution < -0.4 is 5.32 Å². The van der Waals surface area contributed by atoms with E-state index < -0.39 is 0 Å². The third-order valence-corrected chi connectivity index (χ3v) is 4.22. The van der Waals surface area contributed by atoms with E-state index in [9.17, 15) is 9.59 Å². The highest BCUT2D eigenvalue weighted by Gasteiger charge is 2.39. The number of hydrogen-bond donors (Lipinski definition) is 1. The second-order valence-electron chi connectivity index (χ2n) is 6.21. The van der Waals surface area contributed by atoms with Crippen molar-refractivity contribution >= 4 is 11.8 Å². The molecule has 2 saturated heterocycles. The van der Waals surface area contributed by atoms with Crippen molar-refractivity contribution < 1.29 is 14.3 Å². The summed E-state index contributed by atoms with van der Waals surface area (Å²) in [6, 6.07) is -0.0651. The van der Waals surface area contributed by atoms with Gasteiger partial charge in [-0.15, -0.1) is 0 Å². The van der Waals surface area contributed by atoms with E-state index in [0.29, 0.717) is 32.0 Å². The average Bonchev–Trinajstić information content (AvgIpc) is 3.10. The van der Waals surface area contributed by atoms with Gasteiger partial charge >= 0.3 is 0 Å². The number of carbonyl (C=O) groups excluding carboxylic acids is 2. The molecule has 2 amide bonds. The van der Waals surface area contributed by atoms with E-state index in [4.69, 9.17) is 4.74 Å². The van der Waals surface area contributed by atoms with Gasteiger partial charge in [0.15, 0.2) is 0 Å². The number of amides is 2. The standard InChI is InChI=1S/C15H22N4O3/c1-10(2)15-16-4-6-18(15)5-3-14(21)19-7-11-12(8-19)22-9-13(20)17-11/h4,6,10-12H,3,5,7-9H2,1-2H3,(H,17,20)/t11-,12-/m0/s1. The van der Waals surface area contributed by atoms with Gasteiger partial charge in [0.2, 0.25) is 11.8 Å². The molecule has 1 aromatic rings. The molecule has 7 nitrogen and oxygen atoms in total. The van der Waals surface area contributed by atoms with Crippen molar-refractivity contribution in [3.05, 3.63) is 18.2 Å². The van der Waals surface area contributed by atoms with E-state index in [-0.39, 0.29) is 30.6 Å². The predicted molar refractivity (Wildman–Crippen MR) is 79.2 cm³/mol. The molecular formula is C15H22N4O3. The molecule has 1 N–H and O–H groups in total. The molecule has 120 valence electrons. The van der Waals surface area contributed by atoms with Gasteiger partial charge in [-0.3, -0.25) is 9.59 Å². The zero-order valence-electron chi connectivity index (χ0n) is 13.0. The van der Waals surface area contributed by atoms with Crippen LogP contribution in [0.15, 0.2) is 12.4 Å². The number of rotatable bonds is 4. The fourth-order valence-electron chi connectivity index (χ4n) is 3.10. The number of likely N-dealkylation sites (tertiary alicyclic amines) is 1. The van der Waals surface area contributed by atoms with E-state index >= 15 is 0 Å². The molecular weight excluding hydrogens is 284 g/mol. The smallest absolute Gasteiger partial charge is 0.246 e. The fourth-order valence-corrected chi connectivity index (χ4v) is 3.10. The van der Waals surface area contributed by atoms with Gasteiger partial charge in [-0.05, 0) is 0 Å². The summed E-state index contributed by atoms with van der Waals surface area (Å²) in [5.41, 5.74) is 0. The molecule has 0 bridgehead atoms. The van der Waals surface area contributed by atoms with Crippen molar-refractivity contribution in [2.75, 3.05) is 19.7 Å². The molecule has 0 radical (unpaired) electrons. The largest absolute Gasteiger partial charge is 0.364 e. The number of hydrogen-bond acceptors (Lipinski definition) is 4. The van der Waals surface area contributed by atoms with E-state index in [1.54, 1.807) is 11.1 Å². The number of nitrogens with one attached hydrogen (secondary N) is 1. The number of imidazole rings is 1. The summed E-state index contributed by atoms with van der Waals surface area (Å²) in [5, 5.41) is 2.88. The van der Waals surface area contributed by atoms with Crippen LogP contribution >= 0.6 is 0 Å². The van der Waals surface area contributed by atoms with Crippen LogP contribution in [-0.4, -0.2) is 58.1 Å². The molecule has 0 saturated carbocycles. The number of morpholine rings is 1. The van der Waals surface area contributed by atoms with Crippen LogP contribution in [0.5, 0.6) is 0 Å². The van der Waals surface area contributed by atoms with E-state index in [0.717, 1.165) is 5.82 Å². The molecule has 3 rings (SSSR count). The molecule has 2 fully saturated rings. The Balaban J connectivity index is 1.54. The summed E-state index contributed by atoms with van der Waals surface area (Å²) >= 11 is 0. The maximum Gasteiger partial charge on any atom is 0.246 e. The highest BCUT2D eigenvalue weighted by Crippen LogP contribution is 2.18. The second-order valence-corrected chi connectivity index (χ2v) is 6.21. The third-order valence-electron chi connectivity index (χ3n) is 4.22. The number of nitrogens with zero attached hydrogens (tertiary/aromatic N) is 3. The van der Waals surface area contributed by atoms with E-state index in [2.05, 4.69) is 24.1 Å². The first-order valence-corrected chi connectivity index (χ1v) is 7.74. The molecule has 1 aromatic heterocycles. The summed E-state index contributed by atoms with van der Waals surface area (Å²) < 4.78 is 7.51. The predicted octanol–water partition coefficient (Wildman–Crippen LogP) is 0.122. The Hall–Kier alpha value is -1.89. The van der Waals surface area contributed by atoms with E-state index in [1.165, 1.54) is 0 Å². The summed E-state index contributed by atoms with van der Waals surface area (Å²) in [6.45, 7) is 6.00. The first-order chi connectivity index (χ1) is 10.5. The number of aromatic nitrogens is 2. The Morgan fingerprint density at radius 2 is 2.32 bits per heavy atom. The molecule has 2 aliphatic rings. The second kappa shape index (κ2) is 6.08. The van der Waals surface area contributed by atoms with Crippen LogP contribution in [0.3, 0.4) is 0 Å². The van der Waals surface area contributed by atoms with Crippen molar-refractivity contribution in [1.29, 1.82) is 0 Å². The molecule has 2 aliphatic heterocycles. The quantitative estimate of drug-likeness (QED) is 0.857. The monoisotopic (exact) mass is 306 g/mol. The normalized spacial score (nSPS) is 24.5. The zero-order valence-corrected chi connectivity index (χ0v) is 13.0. The van der Waals surface area contributed by atoms with Crippen molar-refractivity contribution in [3.8, 4) is 0 Å². The minimum absolute atomic E-state index is 0.0651. The molecule has 0 aliphatic carbocycles. The molecule has 0 aromatic carbocycles. The maximum absolute atomic E-state index is 12.4. The lowest BCUT2D eigenvalue weighted by molar-refractivity contribution is -0.134. The van der Waals surface area contributed by atoms with Crippen molar-refractivity contribution in [2.24, 2.45) is 0 Å². The molecule has 7 heteroatoms. The highest BCUT2D eigenvalue weighted by atomic mass is 16.5. The maximum atomic E-state index is 12.4. The summed E-state index contributed by atoms with van der Waals surface area (Å²) in [5.74, 6) is 1.33. The summed E-state index contributed by atoms with van der Waals surface area (Å²) in [4.78, 5) is 29.8. The van der Waals surface area contributed by atoms with Crippen LogP contribution in [0.2, 0.25) is 0 Å². The Morgan fingerprint density at radius 3 is 3.09 bits per heavy atom. The minimum Gasteiger partial charge on any atom is -0.364 e. The van der Waals surface area contributed by atoms with Gasteiger partial charge in [0.1, 0.15) is 12.4 Å². The lowest BCUT2D eigenvalue weighted by Gasteiger charge is -2.24. The highest BCUT2D eigenvalue weighted by molar-refractivity contribution is 5.80. The van der Waals surface area contributed by atoms with Gasteiger partial charge in [-0.2, -0.15) is 0 Å². The van der Waals surface area contributed by atoms with Crippen LogP contribution in [0, 0.1) is 0 Å². The molecule has 22 heavy (non-hydrogen) atoms. The fraction of sp³-hybridized carbons (Fsp3) is 0.667. The SMILES string of the molecule is CC(C)c1nccn1CCC(=O)N1C[C@@H]2NC(=O)CO[C@H]2C1. The number of fused-ring (bicyclic) bond motifs is 1.